The van der Waals surface area contributed by atoms with E-state index < -0.39 is 0 Å². The molecular formula is C18H21FN6. The highest BCUT2D eigenvalue weighted by Crippen LogP contribution is 2.25. The minimum Gasteiger partial charge on any atom is -0.370 e. The largest absolute Gasteiger partial charge is 0.370 e. The molecule has 1 fully saturated rings. The third-order valence-electron chi connectivity index (χ3n) is 4.68. The Bertz CT molecular complexity index is 762. The van der Waals surface area contributed by atoms with Crippen LogP contribution < -0.4 is 9.80 Å². The zero-order valence-electron chi connectivity index (χ0n) is 14.5. The van der Waals surface area contributed by atoms with Crippen LogP contribution in [0.15, 0.2) is 24.7 Å². The summed E-state index contributed by atoms with van der Waals surface area (Å²) in [5, 5.41) is 8.82. The van der Waals surface area contributed by atoms with Gasteiger partial charge in [-0.3, -0.25) is 0 Å². The molecule has 1 saturated heterocycles. The summed E-state index contributed by atoms with van der Waals surface area (Å²) in [4.78, 5) is 16.2. The number of anilines is 2. The Hall–Kier alpha value is -2.75. The monoisotopic (exact) mass is 340 g/mol. The van der Waals surface area contributed by atoms with Gasteiger partial charge in [-0.1, -0.05) is 0 Å². The average Bonchev–Trinajstić information content (AvgIpc) is 2.64. The summed E-state index contributed by atoms with van der Waals surface area (Å²) >= 11 is 0. The van der Waals surface area contributed by atoms with Gasteiger partial charge in [-0.05, 0) is 37.8 Å². The molecule has 25 heavy (non-hydrogen) atoms. The first-order valence-electron chi connectivity index (χ1n) is 8.38. The van der Waals surface area contributed by atoms with E-state index >= 15 is 0 Å². The summed E-state index contributed by atoms with van der Waals surface area (Å²) in [7, 11) is 1.88. The zero-order valence-corrected chi connectivity index (χ0v) is 14.5. The van der Waals surface area contributed by atoms with Crippen LogP contribution in [-0.4, -0.2) is 41.6 Å². The second kappa shape index (κ2) is 7.43. The van der Waals surface area contributed by atoms with Crippen LogP contribution in [0.1, 0.15) is 24.2 Å². The fourth-order valence-corrected chi connectivity index (χ4v) is 3.20. The van der Waals surface area contributed by atoms with Crippen molar-refractivity contribution in [1.82, 2.24) is 15.0 Å². The highest BCUT2D eigenvalue weighted by atomic mass is 19.1. The SMILES string of the molecule is Cc1ncnc(N(C)CC2CCN(c3ccc(C#N)nc3)CC2)c1F. The maximum atomic E-state index is 14.1. The van der Waals surface area contributed by atoms with Crippen molar-refractivity contribution in [2.75, 3.05) is 36.5 Å². The fraction of sp³-hybridized carbons (Fsp3) is 0.444. The molecule has 0 amide bonds. The number of hydrogen-bond donors (Lipinski definition) is 0. The molecule has 0 saturated carbocycles. The van der Waals surface area contributed by atoms with E-state index in [1.54, 1.807) is 19.2 Å². The number of hydrogen-bond acceptors (Lipinski definition) is 6. The van der Waals surface area contributed by atoms with Crippen molar-refractivity contribution in [3.8, 4) is 6.07 Å². The lowest BCUT2D eigenvalue weighted by molar-refractivity contribution is 0.406. The molecule has 0 unspecified atom stereocenters. The van der Waals surface area contributed by atoms with Gasteiger partial charge in [0.2, 0.25) is 0 Å². The number of piperidine rings is 1. The summed E-state index contributed by atoms with van der Waals surface area (Å²) < 4.78 is 14.1. The number of nitrogens with zero attached hydrogens (tertiary/aromatic N) is 6. The van der Waals surface area contributed by atoms with Crippen molar-refractivity contribution in [3.05, 3.63) is 41.9 Å². The van der Waals surface area contributed by atoms with Crippen LogP contribution in [-0.2, 0) is 0 Å². The first-order chi connectivity index (χ1) is 12.1. The van der Waals surface area contributed by atoms with Gasteiger partial charge >= 0.3 is 0 Å². The molecule has 2 aromatic rings. The van der Waals surface area contributed by atoms with Crippen molar-refractivity contribution in [1.29, 1.82) is 5.26 Å². The standard InChI is InChI=1S/C18H21FN6/c1-13-17(19)18(23-12-22-13)24(2)11-14-5-7-25(8-6-14)16-4-3-15(9-20)21-10-16/h3-4,10,12,14H,5-8,11H2,1-2H3. The number of halogens is 1. The molecule has 0 atom stereocenters. The van der Waals surface area contributed by atoms with Crippen molar-refractivity contribution in [3.63, 3.8) is 0 Å². The average molecular weight is 340 g/mol. The number of aromatic nitrogens is 3. The third kappa shape index (κ3) is 3.85. The molecule has 0 spiro atoms. The molecule has 7 heteroatoms. The van der Waals surface area contributed by atoms with E-state index in [1.807, 2.05) is 24.1 Å². The van der Waals surface area contributed by atoms with Gasteiger partial charge in [-0.15, -0.1) is 0 Å². The van der Waals surface area contributed by atoms with Crippen LogP contribution in [0.5, 0.6) is 0 Å². The number of rotatable bonds is 4. The topological polar surface area (TPSA) is 68.9 Å². The number of nitriles is 1. The second-order valence-corrected chi connectivity index (χ2v) is 6.42. The van der Waals surface area contributed by atoms with Crippen molar-refractivity contribution < 1.29 is 4.39 Å². The summed E-state index contributed by atoms with van der Waals surface area (Å²) in [5.41, 5.74) is 1.85. The van der Waals surface area contributed by atoms with E-state index in [4.69, 9.17) is 5.26 Å². The van der Waals surface area contributed by atoms with Crippen LogP contribution in [0, 0.1) is 30.0 Å². The van der Waals surface area contributed by atoms with Gasteiger partial charge in [-0.25, -0.2) is 19.3 Å². The molecular weight excluding hydrogens is 319 g/mol. The van der Waals surface area contributed by atoms with Gasteiger partial charge in [0.25, 0.3) is 0 Å². The first kappa shape index (κ1) is 17.1. The first-order valence-corrected chi connectivity index (χ1v) is 8.38. The van der Waals surface area contributed by atoms with E-state index in [2.05, 4.69) is 19.9 Å². The van der Waals surface area contributed by atoms with Crippen LogP contribution in [0.2, 0.25) is 0 Å². The Balaban J connectivity index is 1.57. The number of pyridine rings is 1. The van der Waals surface area contributed by atoms with Crippen LogP contribution in [0.4, 0.5) is 15.9 Å². The lowest BCUT2D eigenvalue weighted by Gasteiger charge is -2.35. The maximum absolute atomic E-state index is 14.1. The molecule has 2 aromatic heterocycles. The number of aryl methyl sites for hydroxylation is 1. The Morgan fingerprint density at radius 3 is 2.68 bits per heavy atom. The zero-order chi connectivity index (χ0) is 17.8. The van der Waals surface area contributed by atoms with Gasteiger partial charge in [0.05, 0.1) is 17.6 Å². The van der Waals surface area contributed by atoms with Gasteiger partial charge in [0, 0.05) is 26.7 Å². The fourth-order valence-electron chi connectivity index (χ4n) is 3.20. The maximum Gasteiger partial charge on any atom is 0.186 e. The Morgan fingerprint density at radius 2 is 2.04 bits per heavy atom. The lowest BCUT2D eigenvalue weighted by Crippen LogP contribution is -2.38. The quantitative estimate of drug-likeness (QED) is 0.852. The van der Waals surface area contributed by atoms with Gasteiger partial charge < -0.3 is 9.80 Å². The highest BCUT2D eigenvalue weighted by molar-refractivity contribution is 5.46. The predicted octanol–water partition coefficient (Wildman–Crippen LogP) is 2.54. The molecule has 130 valence electrons. The van der Waals surface area contributed by atoms with Crippen molar-refractivity contribution in [2.45, 2.75) is 19.8 Å². The summed E-state index contributed by atoms with van der Waals surface area (Å²) in [6.45, 7) is 4.28. The van der Waals surface area contributed by atoms with E-state index in [1.165, 1.54) is 6.33 Å². The minimum absolute atomic E-state index is 0.342. The third-order valence-corrected chi connectivity index (χ3v) is 4.68. The van der Waals surface area contributed by atoms with E-state index in [9.17, 15) is 4.39 Å². The molecule has 0 radical (unpaired) electrons. The Morgan fingerprint density at radius 1 is 1.28 bits per heavy atom. The van der Waals surface area contributed by atoms with Crippen molar-refractivity contribution in [2.24, 2.45) is 5.92 Å². The predicted molar refractivity (Wildman–Crippen MR) is 93.9 cm³/mol. The molecule has 3 rings (SSSR count). The van der Waals surface area contributed by atoms with Crippen molar-refractivity contribution >= 4 is 11.5 Å². The molecule has 0 aromatic carbocycles. The van der Waals surface area contributed by atoms with Crippen LogP contribution in [0.25, 0.3) is 0 Å². The molecule has 0 N–H and O–H groups in total. The molecule has 0 aliphatic carbocycles. The van der Waals surface area contributed by atoms with Gasteiger partial charge in [0.1, 0.15) is 18.1 Å². The second-order valence-electron chi connectivity index (χ2n) is 6.42. The summed E-state index contributed by atoms with van der Waals surface area (Å²) in [6, 6.07) is 5.72. The Labute approximate surface area is 147 Å². The molecule has 0 bridgehead atoms. The molecule has 6 nitrogen and oxygen atoms in total. The van der Waals surface area contributed by atoms with E-state index in [-0.39, 0.29) is 5.82 Å². The highest BCUT2D eigenvalue weighted by Gasteiger charge is 2.22. The minimum atomic E-state index is -0.342. The Kier molecular flexibility index (Phi) is 5.08. The lowest BCUT2D eigenvalue weighted by atomic mass is 9.96. The summed E-state index contributed by atoms with van der Waals surface area (Å²) in [6.07, 6.45) is 5.21. The van der Waals surface area contributed by atoms with Crippen LogP contribution in [0.3, 0.4) is 0 Å². The van der Waals surface area contributed by atoms with Gasteiger partial charge in [-0.2, -0.15) is 5.26 Å². The normalized spacial score (nSPS) is 15.0. The van der Waals surface area contributed by atoms with E-state index in [0.717, 1.165) is 38.2 Å². The summed E-state index contributed by atoms with van der Waals surface area (Å²) in [5.74, 6) is 0.513. The smallest absolute Gasteiger partial charge is 0.186 e. The van der Waals surface area contributed by atoms with Crippen LogP contribution >= 0.6 is 0 Å². The molecule has 3 heterocycles. The van der Waals surface area contributed by atoms with E-state index in [0.29, 0.717) is 23.1 Å². The molecule has 1 aliphatic heterocycles. The van der Waals surface area contributed by atoms with Gasteiger partial charge in [0.15, 0.2) is 11.6 Å². The molecule has 1 aliphatic rings.